The van der Waals surface area contributed by atoms with Gasteiger partial charge in [0.1, 0.15) is 5.60 Å². The summed E-state index contributed by atoms with van der Waals surface area (Å²) in [7, 11) is 0. The number of carbonyl (C=O) groups excluding carboxylic acids is 1. The number of hydrogen-bond acceptors (Lipinski definition) is 2. The molecule has 0 heterocycles. The van der Waals surface area contributed by atoms with E-state index in [-0.39, 0.29) is 5.78 Å². The zero-order valence-electron chi connectivity index (χ0n) is 11.9. The predicted molar refractivity (Wildman–Crippen MR) is 77.2 cm³/mol. The van der Waals surface area contributed by atoms with E-state index in [1.54, 1.807) is 0 Å². The van der Waals surface area contributed by atoms with Gasteiger partial charge in [-0.1, -0.05) is 56.5 Å². The van der Waals surface area contributed by atoms with Crippen molar-refractivity contribution in [1.29, 1.82) is 0 Å². The van der Waals surface area contributed by atoms with Crippen LogP contribution in [0.4, 0.5) is 0 Å². The summed E-state index contributed by atoms with van der Waals surface area (Å²) >= 11 is 0. The first-order valence-electron chi connectivity index (χ1n) is 7.48. The van der Waals surface area contributed by atoms with Gasteiger partial charge in [0.25, 0.3) is 0 Å². The Labute approximate surface area is 116 Å². The Morgan fingerprint density at radius 1 is 1.16 bits per heavy atom. The number of ketones is 1. The Morgan fingerprint density at radius 2 is 1.84 bits per heavy atom. The van der Waals surface area contributed by atoms with Crippen LogP contribution >= 0.6 is 0 Å². The highest BCUT2D eigenvalue weighted by Gasteiger charge is 2.39. The van der Waals surface area contributed by atoms with E-state index in [4.69, 9.17) is 4.74 Å². The Morgan fingerprint density at radius 3 is 2.47 bits per heavy atom. The summed E-state index contributed by atoms with van der Waals surface area (Å²) in [5, 5.41) is 0. The molecule has 0 bridgehead atoms. The van der Waals surface area contributed by atoms with Crippen molar-refractivity contribution in [1.82, 2.24) is 0 Å². The summed E-state index contributed by atoms with van der Waals surface area (Å²) in [6.07, 6.45) is 6.74. The molecule has 0 N–H and O–H groups in total. The molecule has 0 radical (unpaired) electrons. The van der Waals surface area contributed by atoms with Gasteiger partial charge < -0.3 is 4.74 Å². The Bertz CT molecular complexity index is 391. The maximum atomic E-state index is 12.7. The molecule has 1 aromatic rings. The fraction of sp³-hybridized carbons (Fsp3) is 0.588. The quantitative estimate of drug-likeness (QED) is 0.774. The van der Waals surface area contributed by atoms with Gasteiger partial charge in [0.15, 0.2) is 5.78 Å². The van der Waals surface area contributed by atoms with E-state index < -0.39 is 5.60 Å². The first-order chi connectivity index (χ1) is 9.27. The molecule has 2 heteroatoms. The number of benzene rings is 1. The topological polar surface area (TPSA) is 26.3 Å². The van der Waals surface area contributed by atoms with Crippen LogP contribution in [0.25, 0.3) is 0 Å². The van der Waals surface area contributed by atoms with Crippen LogP contribution in [-0.4, -0.2) is 18.0 Å². The van der Waals surface area contributed by atoms with E-state index in [0.29, 0.717) is 13.0 Å². The minimum atomic E-state index is -0.496. The van der Waals surface area contributed by atoms with Gasteiger partial charge >= 0.3 is 0 Å². The van der Waals surface area contributed by atoms with Crippen LogP contribution in [0.1, 0.15) is 51.0 Å². The molecule has 0 atom stereocenters. The van der Waals surface area contributed by atoms with Crippen molar-refractivity contribution < 1.29 is 9.53 Å². The monoisotopic (exact) mass is 260 g/mol. The third-order valence-electron chi connectivity index (χ3n) is 3.96. The average Bonchev–Trinajstić information content (AvgIpc) is 2.47. The lowest BCUT2D eigenvalue weighted by Gasteiger charge is -2.36. The fourth-order valence-electron chi connectivity index (χ4n) is 2.87. The molecule has 0 amide bonds. The van der Waals surface area contributed by atoms with Gasteiger partial charge in [0.2, 0.25) is 0 Å². The molecule has 2 rings (SSSR count). The van der Waals surface area contributed by atoms with Crippen LogP contribution in [0.2, 0.25) is 0 Å². The summed E-state index contributed by atoms with van der Waals surface area (Å²) in [5.74, 6) is 0.270. The number of Topliss-reactive ketones (excluding diaryl/α,β-unsaturated/α-hetero) is 1. The minimum Gasteiger partial charge on any atom is -0.367 e. The Kier molecular flexibility index (Phi) is 5.15. The standard InChI is InChI=1S/C17H24O2/c1-2-13-19-17(11-7-4-8-12-17)16(18)14-15-9-5-3-6-10-15/h3,5-6,9-10H,2,4,7-8,11-14H2,1H3. The van der Waals surface area contributed by atoms with Crippen LogP contribution < -0.4 is 0 Å². The van der Waals surface area contributed by atoms with Crippen molar-refractivity contribution >= 4 is 5.78 Å². The highest BCUT2D eigenvalue weighted by atomic mass is 16.5. The molecular weight excluding hydrogens is 236 g/mol. The molecule has 1 saturated carbocycles. The maximum absolute atomic E-state index is 12.7. The van der Waals surface area contributed by atoms with Gasteiger partial charge in [-0.25, -0.2) is 0 Å². The third-order valence-corrected chi connectivity index (χ3v) is 3.96. The summed E-state index contributed by atoms with van der Waals surface area (Å²) in [4.78, 5) is 12.7. The molecule has 0 aromatic heterocycles. The van der Waals surface area contributed by atoms with Crippen molar-refractivity contribution in [2.24, 2.45) is 0 Å². The molecule has 0 saturated heterocycles. The number of ether oxygens (including phenoxy) is 1. The molecule has 1 fully saturated rings. The van der Waals surface area contributed by atoms with Crippen LogP contribution in [-0.2, 0) is 16.0 Å². The van der Waals surface area contributed by atoms with E-state index in [2.05, 4.69) is 6.92 Å². The van der Waals surface area contributed by atoms with Gasteiger partial charge in [0, 0.05) is 13.0 Å². The van der Waals surface area contributed by atoms with Crippen molar-refractivity contribution in [3.05, 3.63) is 35.9 Å². The zero-order valence-corrected chi connectivity index (χ0v) is 11.9. The lowest BCUT2D eigenvalue weighted by molar-refractivity contribution is -0.149. The lowest BCUT2D eigenvalue weighted by atomic mass is 9.79. The fourth-order valence-corrected chi connectivity index (χ4v) is 2.87. The largest absolute Gasteiger partial charge is 0.367 e. The van der Waals surface area contributed by atoms with Crippen molar-refractivity contribution in [2.45, 2.75) is 57.5 Å². The van der Waals surface area contributed by atoms with Crippen molar-refractivity contribution in [2.75, 3.05) is 6.61 Å². The van der Waals surface area contributed by atoms with Crippen molar-refractivity contribution in [3.63, 3.8) is 0 Å². The first kappa shape index (κ1) is 14.3. The van der Waals surface area contributed by atoms with Gasteiger partial charge in [-0.3, -0.25) is 4.79 Å². The van der Waals surface area contributed by atoms with Crippen LogP contribution in [0.15, 0.2) is 30.3 Å². The molecule has 104 valence electrons. The first-order valence-corrected chi connectivity index (χ1v) is 7.48. The van der Waals surface area contributed by atoms with E-state index in [1.165, 1.54) is 6.42 Å². The Hall–Kier alpha value is -1.15. The van der Waals surface area contributed by atoms with E-state index in [1.807, 2.05) is 30.3 Å². The van der Waals surface area contributed by atoms with Gasteiger partial charge in [-0.15, -0.1) is 0 Å². The molecule has 0 unspecified atom stereocenters. The average molecular weight is 260 g/mol. The van der Waals surface area contributed by atoms with Crippen molar-refractivity contribution in [3.8, 4) is 0 Å². The molecular formula is C17H24O2. The highest BCUT2D eigenvalue weighted by Crippen LogP contribution is 2.33. The molecule has 0 spiro atoms. The number of hydrogen-bond donors (Lipinski definition) is 0. The van der Waals surface area contributed by atoms with Crippen LogP contribution in [0.5, 0.6) is 0 Å². The summed E-state index contributed by atoms with van der Waals surface area (Å²) in [6, 6.07) is 10.0. The third kappa shape index (κ3) is 3.66. The van der Waals surface area contributed by atoms with E-state index >= 15 is 0 Å². The van der Waals surface area contributed by atoms with Gasteiger partial charge in [-0.2, -0.15) is 0 Å². The van der Waals surface area contributed by atoms with E-state index in [9.17, 15) is 4.79 Å². The molecule has 1 aliphatic rings. The molecule has 1 aromatic carbocycles. The summed E-state index contributed by atoms with van der Waals surface area (Å²) < 4.78 is 6.00. The highest BCUT2D eigenvalue weighted by molar-refractivity contribution is 5.89. The smallest absolute Gasteiger partial charge is 0.168 e. The SMILES string of the molecule is CCCOC1(C(=O)Cc2ccccc2)CCCCC1. The summed E-state index contributed by atoms with van der Waals surface area (Å²) in [5.41, 5.74) is 0.599. The summed E-state index contributed by atoms with van der Waals surface area (Å²) in [6.45, 7) is 2.79. The molecule has 1 aliphatic carbocycles. The van der Waals surface area contributed by atoms with Crippen LogP contribution in [0, 0.1) is 0 Å². The van der Waals surface area contributed by atoms with E-state index in [0.717, 1.165) is 37.7 Å². The predicted octanol–water partition coefficient (Wildman–Crippen LogP) is 3.93. The van der Waals surface area contributed by atoms with Crippen LogP contribution in [0.3, 0.4) is 0 Å². The number of rotatable bonds is 6. The lowest BCUT2D eigenvalue weighted by Crippen LogP contribution is -2.44. The molecule has 19 heavy (non-hydrogen) atoms. The molecule has 0 aliphatic heterocycles. The van der Waals surface area contributed by atoms with Gasteiger partial charge in [0.05, 0.1) is 0 Å². The minimum absolute atomic E-state index is 0.270. The Balaban J connectivity index is 2.06. The molecule has 2 nitrogen and oxygen atoms in total. The zero-order chi connectivity index (χ0) is 13.6. The second-order valence-corrected chi connectivity index (χ2v) is 5.49. The second-order valence-electron chi connectivity index (χ2n) is 5.49. The second kappa shape index (κ2) is 6.85. The normalized spacial score (nSPS) is 18.2. The number of carbonyl (C=O) groups is 1. The maximum Gasteiger partial charge on any atom is 0.168 e. The van der Waals surface area contributed by atoms with Gasteiger partial charge in [-0.05, 0) is 24.8 Å².